The van der Waals surface area contributed by atoms with Crippen LogP contribution in [0.25, 0.3) is 17.1 Å². The van der Waals surface area contributed by atoms with Crippen molar-refractivity contribution in [3.63, 3.8) is 0 Å². The lowest BCUT2D eigenvalue weighted by molar-refractivity contribution is 0.0961. The zero-order valence-corrected chi connectivity index (χ0v) is 17.1. The Bertz CT molecular complexity index is 1150. The SMILES string of the molecule is Cc1cc(C(=O)Cn2nnc(-c3ccccc3Br)n2)c(C)n1-c1ccccc1. The molecule has 0 unspecified atom stereocenters. The third kappa shape index (κ3) is 3.41. The number of aromatic nitrogens is 5. The smallest absolute Gasteiger partial charge is 0.206 e. The second-order valence-electron chi connectivity index (χ2n) is 6.50. The van der Waals surface area contributed by atoms with Crippen molar-refractivity contribution in [3.8, 4) is 17.1 Å². The zero-order valence-electron chi connectivity index (χ0n) is 15.5. The highest BCUT2D eigenvalue weighted by Gasteiger charge is 2.18. The molecule has 0 amide bonds. The van der Waals surface area contributed by atoms with Gasteiger partial charge in [0.1, 0.15) is 6.54 Å². The van der Waals surface area contributed by atoms with Crippen LogP contribution in [0.4, 0.5) is 0 Å². The first-order valence-electron chi connectivity index (χ1n) is 8.85. The molecule has 28 heavy (non-hydrogen) atoms. The molecule has 0 aliphatic carbocycles. The topological polar surface area (TPSA) is 65.6 Å². The molecule has 0 bridgehead atoms. The van der Waals surface area contributed by atoms with Gasteiger partial charge in [0.15, 0.2) is 5.78 Å². The van der Waals surface area contributed by atoms with Crippen molar-refractivity contribution in [1.29, 1.82) is 0 Å². The van der Waals surface area contributed by atoms with Crippen molar-refractivity contribution in [2.75, 3.05) is 0 Å². The van der Waals surface area contributed by atoms with Crippen LogP contribution in [0.3, 0.4) is 0 Å². The van der Waals surface area contributed by atoms with E-state index in [1.165, 1.54) is 4.80 Å². The summed E-state index contributed by atoms with van der Waals surface area (Å²) >= 11 is 3.49. The molecule has 140 valence electrons. The van der Waals surface area contributed by atoms with Gasteiger partial charge in [0.25, 0.3) is 0 Å². The number of carbonyl (C=O) groups is 1. The summed E-state index contributed by atoms with van der Waals surface area (Å²) in [4.78, 5) is 14.2. The van der Waals surface area contributed by atoms with E-state index in [4.69, 9.17) is 0 Å². The molecule has 0 fully saturated rings. The normalized spacial score (nSPS) is 11.0. The highest BCUT2D eigenvalue weighted by molar-refractivity contribution is 9.10. The van der Waals surface area contributed by atoms with Gasteiger partial charge in [-0.1, -0.05) is 46.3 Å². The maximum absolute atomic E-state index is 12.9. The van der Waals surface area contributed by atoms with E-state index in [2.05, 4.69) is 35.9 Å². The van der Waals surface area contributed by atoms with Gasteiger partial charge >= 0.3 is 0 Å². The molecule has 0 aliphatic rings. The van der Waals surface area contributed by atoms with Crippen LogP contribution in [-0.2, 0) is 6.54 Å². The predicted molar refractivity (Wildman–Crippen MR) is 111 cm³/mol. The average molecular weight is 436 g/mol. The molecule has 2 aromatic heterocycles. The fraction of sp³-hybridized carbons (Fsp3) is 0.143. The number of hydrogen-bond donors (Lipinski definition) is 0. The lowest BCUT2D eigenvalue weighted by Gasteiger charge is -2.09. The summed E-state index contributed by atoms with van der Waals surface area (Å²) in [6.07, 6.45) is 0. The Hall–Kier alpha value is -3.06. The Morgan fingerprint density at radius 2 is 1.75 bits per heavy atom. The number of ketones is 1. The van der Waals surface area contributed by atoms with E-state index in [1.54, 1.807) is 0 Å². The van der Waals surface area contributed by atoms with E-state index in [0.717, 1.165) is 27.1 Å². The van der Waals surface area contributed by atoms with Gasteiger partial charge in [-0.05, 0) is 49.4 Å². The minimum absolute atomic E-state index is 0.0382. The molecule has 0 N–H and O–H groups in total. The molecule has 2 heterocycles. The first kappa shape index (κ1) is 18.3. The van der Waals surface area contributed by atoms with Crippen molar-refractivity contribution >= 4 is 21.7 Å². The molecule has 0 saturated heterocycles. The molecule has 7 heteroatoms. The lowest BCUT2D eigenvalue weighted by Crippen LogP contribution is -2.14. The molecule has 0 atom stereocenters. The summed E-state index contributed by atoms with van der Waals surface area (Å²) in [5, 5.41) is 12.5. The number of nitrogens with zero attached hydrogens (tertiary/aromatic N) is 5. The minimum Gasteiger partial charge on any atom is -0.318 e. The molecule has 2 aromatic carbocycles. The van der Waals surface area contributed by atoms with E-state index >= 15 is 0 Å². The van der Waals surface area contributed by atoms with Crippen molar-refractivity contribution in [1.82, 2.24) is 24.8 Å². The molecular formula is C21H18BrN5O. The molecule has 4 rings (SSSR count). The number of benzene rings is 2. The second kappa shape index (κ2) is 7.52. The predicted octanol–water partition coefficient (Wildman–Crippen LogP) is 4.39. The summed E-state index contributed by atoms with van der Waals surface area (Å²) < 4.78 is 2.96. The zero-order chi connectivity index (χ0) is 19.7. The van der Waals surface area contributed by atoms with Crippen LogP contribution in [0.5, 0.6) is 0 Å². The maximum atomic E-state index is 12.9. The lowest BCUT2D eigenvalue weighted by atomic mass is 10.1. The van der Waals surface area contributed by atoms with Crippen LogP contribution in [0.1, 0.15) is 21.7 Å². The van der Waals surface area contributed by atoms with Gasteiger partial charge in [0.2, 0.25) is 5.82 Å². The standard InChI is InChI=1S/C21H18BrN5O/c1-14-12-18(15(2)27(14)16-8-4-3-5-9-16)20(28)13-26-24-21(23-25-26)17-10-6-7-11-19(17)22/h3-12H,13H2,1-2H3. The Balaban J connectivity index is 1.60. The first-order valence-corrected chi connectivity index (χ1v) is 9.64. The van der Waals surface area contributed by atoms with Crippen LogP contribution in [0, 0.1) is 13.8 Å². The third-order valence-electron chi connectivity index (χ3n) is 4.60. The average Bonchev–Trinajstić information content (AvgIpc) is 3.27. The molecule has 4 aromatic rings. The molecule has 6 nitrogen and oxygen atoms in total. The van der Waals surface area contributed by atoms with Crippen LogP contribution in [0.15, 0.2) is 65.1 Å². The molecule has 0 radical (unpaired) electrons. The van der Waals surface area contributed by atoms with Gasteiger partial charge in [-0.15, -0.1) is 10.2 Å². The van der Waals surface area contributed by atoms with Gasteiger partial charge in [0.05, 0.1) is 0 Å². The largest absolute Gasteiger partial charge is 0.318 e. The third-order valence-corrected chi connectivity index (χ3v) is 5.29. The monoisotopic (exact) mass is 435 g/mol. The maximum Gasteiger partial charge on any atom is 0.206 e. The van der Waals surface area contributed by atoms with Crippen LogP contribution in [0.2, 0.25) is 0 Å². The Kier molecular flexibility index (Phi) is 4.92. The number of para-hydroxylation sites is 1. The number of Topliss-reactive ketones (excluding diaryl/α,β-unsaturated/α-hetero) is 1. The van der Waals surface area contributed by atoms with Gasteiger partial charge in [-0.3, -0.25) is 4.79 Å². The van der Waals surface area contributed by atoms with Crippen LogP contribution >= 0.6 is 15.9 Å². The molecule has 0 spiro atoms. The summed E-state index contributed by atoms with van der Waals surface area (Å²) in [6.45, 7) is 3.99. The summed E-state index contributed by atoms with van der Waals surface area (Å²) in [5.41, 5.74) is 4.45. The highest BCUT2D eigenvalue weighted by Crippen LogP contribution is 2.24. The van der Waals surface area contributed by atoms with E-state index in [9.17, 15) is 4.79 Å². The molecule has 0 aliphatic heterocycles. The van der Waals surface area contributed by atoms with Crippen molar-refractivity contribution < 1.29 is 4.79 Å². The molecule has 0 saturated carbocycles. The number of aryl methyl sites for hydroxylation is 1. The fourth-order valence-corrected chi connectivity index (χ4v) is 3.76. The first-order chi connectivity index (χ1) is 13.5. The Morgan fingerprint density at radius 3 is 2.50 bits per heavy atom. The Morgan fingerprint density at radius 1 is 1.04 bits per heavy atom. The van der Waals surface area contributed by atoms with Crippen molar-refractivity contribution in [2.45, 2.75) is 20.4 Å². The number of rotatable bonds is 5. The van der Waals surface area contributed by atoms with Crippen molar-refractivity contribution in [3.05, 3.63) is 82.1 Å². The van der Waals surface area contributed by atoms with E-state index in [0.29, 0.717) is 11.4 Å². The van der Waals surface area contributed by atoms with Gasteiger partial charge in [-0.25, -0.2) is 0 Å². The van der Waals surface area contributed by atoms with Gasteiger partial charge < -0.3 is 4.57 Å². The summed E-state index contributed by atoms with van der Waals surface area (Å²) in [6, 6.07) is 19.6. The summed E-state index contributed by atoms with van der Waals surface area (Å²) in [7, 11) is 0. The Labute approximate surface area is 170 Å². The van der Waals surface area contributed by atoms with E-state index in [-0.39, 0.29) is 12.3 Å². The number of hydrogen-bond acceptors (Lipinski definition) is 4. The van der Waals surface area contributed by atoms with E-state index < -0.39 is 0 Å². The highest BCUT2D eigenvalue weighted by atomic mass is 79.9. The number of halogens is 1. The summed E-state index contributed by atoms with van der Waals surface area (Å²) in [5.74, 6) is 0.432. The number of carbonyl (C=O) groups excluding carboxylic acids is 1. The fourth-order valence-electron chi connectivity index (χ4n) is 3.29. The minimum atomic E-state index is -0.0497. The second-order valence-corrected chi connectivity index (χ2v) is 7.36. The van der Waals surface area contributed by atoms with Crippen LogP contribution in [-0.4, -0.2) is 30.6 Å². The van der Waals surface area contributed by atoms with Crippen LogP contribution < -0.4 is 0 Å². The molecular weight excluding hydrogens is 418 g/mol. The quantitative estimate of drug-likeness (QED) is 0.436. The van der Waals surface area contributed by atoms with E-state index in [1.807, 2.05) is 74.5 Å². The van der Waals surface area contributed by atoms with Gasteiger partial charge in [-0.2, -0.15) is 4.80 Å². The number of tetrazole rings is 1. The van der Waals surface area contributed by atoms with Gasteiger partial charge in [0, 0.05) is 32.7 Å². The van der Waals surface area contributed by atoms with Crippen molar-refractivity contribution in [2.24, 2.45) is 0 Å².